The maximum Gasteiger partial charge on any atom is 0.130 e. The van der Waals surface area contributed by atoms with Gasteiger partial charge < -0.3 is 10.3 Å². The molecule has 1 radical (unpaired) electrons. The van der Waals surface area contributed by atoms with Gasteiger partial charge in [0.2, 0.25) is 0 Å². The number of aromatic amines is 1. The Labute approximate surface area is 59.2 Å². The molecule has 0 bridgehead atoms. The van der Waals surface area contributed by atoms with Crippen molar-refractivity contribution in [2.45, 2.75) is 0 Å². The van der Waals surface area contributed by atoms with Gasteiger partial charge in [-0.15, -0.1) is 0 Å². The zero-order valence-electron chi connectivity index (χ0n) is 5.52. The van der Waals surface area contributed by atoms with E-state index in [1.165, 1.54) is 0 Å². The van der Waals surface area contributed by atoms with Gasteiger partial charge in [0, 0.05) is 18.3 Å². The highest BCUT2D eigenvalue weighted by atomic mass is 15.1. The molecule has 0 saturated heterocycles. The Balaban J connectivity index is 2.28. The molecule has 1 aromatic rings. The van der Waals surface area contributed by atoms with E-state index in [9.17, 15) is 0 Å². The van der Waals surface area contributed by atoms with Crippen LogP contribution in [-0.2, 0) is 0 Å². The summed E-state index contributed by atoms with van der Waals surface area (Å²) in [4.78, 5) is 7.09. The summed E-state index contributed by atoms with van der Waals surface area (Å²) in [5.41, 5.74) is 1.03. The van der Waals surface area contributed by atoms with Crippen molar-refractivity contribution in [1.29, 1.82) is 0 Å². The molecule has 0 aromatic carbocycles. The molecule has 3 heteroatoms. The maximum atomic E-state index is 4.23. The number of H-pyrrole nitrogens is 1. The van der Waals surface area contributed by atoms with E-state index in [-0.39, 0.29) is 0 Å². The fraction of sp³-hybridized carbons (Fsp3) is 0.286. The number of aliphatic imine (C=N–C) groups is 1. The molecule has 2 rings (SSSR count). The minimum absolute atomic E-state index is 0.883. The van der Waals surface area contributed by atoms with Crippen molar-refractivity contribution in [2.24, 2.45) is 4.99 Å². The molecule has 0 unspecified atom stereocenters. The first-order chi connectivity index (χ1) is 4.97. The van der Waals surface area contributed by atoms with Crippen LogP contribution < -0.4 is 5.32 Å². The van der Waals surface area contributed by atoms with Gasteiger partial charge in [-0.1, -0.05) is 0 Å². The Hall–Kier alpha value is -1.25. The molecule has 1 aliphatic heterocycles. The molecule has 10 heavy (non-hydrogen) atoms. The van der Waals surface area contributed by atoms with Crippen LogP contribution >= 0.6 is 0 Å². The number of hydrogen-bond acceptors (Lipinski definition) is 2. The molecule has 0 aliphatic carbocycles. The summed E-state index contributed by atoms with van der Waals surface area (Å²) in [5, 5.41) is 3.16. The zero-order chi connectivity index (χ0) is 6.81. The highest BCUT2D eigenvalue weighted by Gasteiger charge is 2.06. The van der Waals surface area contributed by atoms with Crippen molar-refractivity contribution in [2.75, 3.05) is 13.1 Å². The van der Waals surface area contributed by atoms with Gasteiger partial charge in [-0.3, -0.25) is 4.99 Å². The number of rotatable bonds is 1. The number of nitrogens with zero attached hydrogens (tertiary/aromatic N) is 1. The van der Waals surface area contributed by atoms with Crippen LogP contribution in [-0.4, -0.2) is 23.9 Å². The van der Waals surface area contributed by atoms with Crippen LogP contribution in [0, 0.1) is 6.20 Å². The molecule has 0 amide bonds. The zero-order valence-corrected chi connectivity index (χ0v) is 5.52. The lowest BCUT2D eigenvalue weighted by molar-refractivity contribution is 0.960. The van der Waals surface area contributed by atoms with Crippen molar-refractivity contribution in [1.82, 2.24) is 10.3 Å². The van der Waals surface area contributed by atoms with Crippen LogP contribution in [0.4, 0.5) is 0 Å². The van der Waals surface area contributed by atoms with E-state index in [0.29, 0.717) is 0 Å². The SMILES string of the molecule is [c]1[nH]ccc1C1=NCCN1. The summed E-state index contributed by atoms with van der Waals surface area (Å²) in [6.45, 7) is 1.84. The molecule has 51 valence electrons. The van der Waals surface area contributed by atoms with Gasteiger partial charge in [-0.2, -0.15) is 0 Å². The third kappa shape index (κ3) is 0.795. The molecule has 2 heterocycles. The Bertz CT molecular complexity index is 235. The van der Waals surface area contributed by atoms with Crippen LogP contribution in [0.3, 0.4) is 0 Å². The topological polar surface area (TPSA) is 40.2 Å². The predicted molar refractivity (Wildman–Crippen MR) is 39.0 cm³/mol. The summed E-state index contributed by atoms with van der Waals surface area (Å²) in [5.74, 6) is 0.959. The van der Waals surface area contributed by atoms with Crippen LogP contribution in [0.25, 0.3) is 0 Å². The second kappa shape index (κ2) is 2.17. The standard InChI is InChI=1S/C7H8N3/c1-2-8-5-6(1)7-9-3-4-10-7/h1-2,8H,3-4H2,(H,9,10). The minimum atomic E-state index is 0.883. The third-order valence-corrected chi connectivity index (χ3v) is 1.47. The lowest BCUT2D eigenvalue weighted by Crippen LogP contribution is -2.18. The quantitative estimate of drug-likeness (QED) is 0.564. The highest BCUT2D eigenvalue weighted by Crippen LogP contribution is 1.99. The smallest absolute Gasteiger partial charge is 0.130 e. The molecule has 0 spiro atoms. The van der Waals surface area contributed by atoms with E-state index in [4.69, 9.17) is 0 Å². The Morgan fingerprint density at radius 2 is 2.60 bits per heavy atom. The minimum Gasteiger partial charge on any atom is -0.368 e. The van der Waals surface area contributed by atoms with E-state index in [2.05, 4.69) is 21.5 Å². The summed E-state index contributed by atoms with van der Waals surface area (Å²) in [6, 6.07) is 1.96. The second-order valence-electron chi connectivity index (χ2n) is 2.17. The average Bonchev–Trinajstić information content (AvgIpc) is 2.59. The lowest BCUT2D eigenvalue weighted by atomic mass is 10.3. The van der Waals surface area contributed by atoms with Crippen LogP contribution in [0.15, 0.2) is 17.3 Å². The Morgan fingerprint density at radius 1 is 1.60 bits per heavy atom. The third-order valence-electron chi connectivity index (χ3n) is 1.47. The van der Waals surface area contributed by atoms with Crippen molar-refractivity contribution in [3.05, 3.63) is 24.0 Å². The largest absolute Gasteiger partial charge is 0.368 e. The average molecular weight is 134 g/mol. The van der Waals surface area contributed by atoms with E-state index in [0.717, 1.165) is 24.5 Å². The maximum absolute atomic E-state index is 4.23. The molecule has 3 nitrogen and oxygen atoms in total. The fourth-order valence-corrected chi connectivity index (χ4v) is 1.00. The molecule has 0 saturated carbocycles. The van der Waals surface area contributed by atoms with Crippen LogP contribution in [0.1, 0.15) is 5.56 Å². The van der Waals surface area contributed by atoms with Gasteiger partial charge >= 0.3 is 0 Å². The molecule has 0 fully saturated rings. The van der Waals surface area contributed by atoms with Crippen molar-refractivity contribution < 1.29 is 0 Å². The molecular formula is C7H8N3. The number of nitrogens with one attached hydrogen (secondary N) is 2. The molecular weight excluding hydrogens is 126 g/mol. The number of aromatic nitrogens is 1. The van der Waals surface area contributed by atoms with Gasteiger partial charge in [0.05, 0.1) is 12.7 Å². The first kappa shape index (κ1) is 5.53. The molecule has 1 aliphatic rings. The summed E-state index contributed by atoms with van der Waals surface area (Å²) in [7, 11) is 0. The van der Waals surface area contributed by atoms with Crippen molar-refractivity contribution in [3.8, 4) is 0 Å². The van der Waals surface area contributed by atoms with Gasteiger partial charge in [0.15, 0.2) is 0 Å². The lowest BCUT2D eigenvalue weighted by Gasteiger charge is -1.94. The van der Waals surface area contributed by atoms with Gasteiger partial charge in [0.1, 0.15) is 5.84 Å². The Kier molecular flexibility index (Phi) is 1.20. The monoisotopic (exact) mass is 134 g/mol. The first-order valence-corrected chi connectivity index (χ1v) is 3.30. The Morgan fingerprint density at radius 3 is 3.20 bits per heavy atom. The summed E-state index contributed by atoms with van der Waals surface area (Å²) in [6.07, 6.45) is 4.81. The summed E-state index contributed by atoms with van der Waals surface area (Å²) >= 11 is 0. The van der Waals surface area contributed by atoms with Gasteiger partial charge in [-0.05, 0) is 6.07 Å². The van der Waals surface area contributed by atoms with E-state index in [1.54, 1.807) is 0 Å². The first-order valence-electron chi connectivity index (χ1n) is 3.30. The fourth-order valence-electron chi connectivity index (χ4n) is 1.00. The second-order valence-corrected chi connectivity index (χ2v) is 2.17. The van der Waals surface area contributed by atoms with E-state index in [1.807, 2.05) is 12.3 Å². The molecule has 1 aromatic heterocycles. The predicted octanol–water partition coefficient (Wildman–Crippen LogP) is 0.165. The van der Waals surface area contributed by atoms with Gasteiger partial charge in [-0.25, -0.2) is 0 Å². The summed E-state index contributed by atoms with van der Waals surface area (Å²) < 4.78 is 0. The van der Waals surface area contributed by atoms with Crippen LogP contribution in [0.2, 0.25) is 0 Å². The van der Waals surface area contributed by atoms with E-state index < -0.39 is 0 Å². The van der Waals surface area contributed by atoms with Crippen molar-refractivity contribution >= 4 is 5.84 Å². The normalized spacial score (nSPS) is 16.6. The highest BCUT2D eigenvalue weighted by molar-refractivity contribution is 5.99. The van der Waals surface area contributed by atoms with E-state index >= 15 is 0 Å². The van der Waals surface area contributed by atoms with Crippen molar-refractivity contribution in [3.63, 3.8) is 0 Å². The number of hydrogen-bond donors (Lipinski definition) is 2. The van der Waals surface area contributed by atoms with Gasteiger partial charge in [0.25, 0.3) is 0 Å². The molecule has 0 atom stereocenters. The van der Waals surface area contributed by atoms with Crippen LogP contribution in [0.5, 0.6) is 0 Å². The number of amidine groups is 1. The molecule has 2 N–H and O–H groups in total.